The van der Waals surface area contributed by atoms with Crippen LogP contribution in [0.15, 0.2) is 0 Å². The molecule has 0 aromatic rings. The van der Waals surface area contributed by atoms with Gasteiger partial charge in [0.05, 0.1) is 5.92 Å². The van der Waals surface area contributed by atoms with E-state index in [1.165, 1.54) is 6.92 Å². The van der Waals surface area contributed by atoms with Gasteiger partial charge in [0.25, 0.3) is 0 Å². The summed E-state index contributed by atoms with van der Waals surface area (Å²) in [5.74, 6) is -1.20. The Bertz CT molecular complexity index is 120. The number of alkyl halides is 3. The maximum absolute atomic E-state index is 11.9. The first-order chi connectivity index (χ1) is 5.34. The molecule has 1 unspecified atom stereocenters. The minimum atomic E-state index is -4.04. The maximum atomic E-state index is 11.9. The van der Waals surface area contributed by atoms with Crippen LogP contribution in [-0.2, 0) is 0 Å². The third kappa shape index (κ3) is 5.41. The van der Waals surface area contributed by atoms with Crippen molar-refractivity contribution in [3.05, 3.63) is 0 Å². The molecule has 1 nitrogen and oxygen atoms in total. The Morgan fingerprint density at radius 3 is 2.00 bits per heavy atom. The van der Waals surface area contributed by atoms with Crippen LogP contribution in [0, 0.1) is 5.92 Å². The fourth-order valence-corrected chi connectivity index (χ4v) is 0.752. The minimum absolute atomic E-state index is 0.154. The quantitative estimate of drug-likeness (QED) is 0.706. The molecular formula is C8H16F3N. The molecular weight excluding hydrogens is 167 g/mol. The molecule has 0 saturated carbocycles. The van der Waals surface area contributed by atoms with Gasteiger partial charge >= 0.3 is 6.18 Å². The van der Waals surface area contributed by atoms with E-state index >= 15 is 0 Å². The lowest BCUT2D eigenvalue weighted by Gasteiger charge is -2.16. The number of nitrogens with one attached hydrogen (secondary N) is 1. The summed E-state index contributed by atoms with van der Waals surface area (Å²) in [7, 11) is 0. The molecule has 1 atom stereocenters. The van der Waals surface area contributed by atoms with Crippen molar-refractivity contribution in [3.63, 3.8) is 0 Å². The predicted molar refractivity (Wildman–Crippen MR) is 43.0 cm³/mol. The zero-order chi connectivity index (χ0) is 9.78. The molecule has 0 bridgehead atoms. The summed E-state index contributed by atoms with van der Waals surface area (Å²) in [5.41, 5.74) is 0. The molecule has 0 heterocycles. The average molecular weight is 183 g/mol. The molecule has 1 N–H and O–H groups in total. The molecule has 0 amide bonds. The minimum Gasteiger partial charge on any atom is -0.315 e. The Hall–Kier alpha value is -0.250. The van der Waals surface area contributed by atoms with E-state index in [0.29, 0.717) is 6.54 Å². The largest absolute Gasteiger partial charge is 0.391 e. The number of rotatable bonds is 4. The highest BCUT2D eigenvalue weighted by molar-refractivity contribution is 4.64. The lowest BCUT2D eigenvalue weighted by atomic mass is 10.1. The van der Waals surface area contributed by atoms with E-state index in [1.807, 2.05) is 13.8 Å². The van der Waals surface area contributed by atoms with Gasteiger partial charge in [-0.15, -0.1) is 0 Å². The van der Waals surface area contributed by atoms with Gasteiger partial charge in [-0.1, -0.05) is 20.8 Å². The smallest absolute Gasteiger partial charge is 0.315 e. The van der Waals surface area contributed by atoms with E-state index in [4.69, 9.17) is 0 Å². The second kappa shape index (κ2) is 4.70. The van der Waals surface area contributed by atoms with Crippen molar-refractivity contribution >= 4 is 0 Å². The molecule has 0 saturated heterocycles. The molecule has 0 aliphatic rings. The van der Waals surface area contributed by atoms with E-state index < -0.39 is 12.1 Å². The van der Waals surface area contributed by atoms with Crippen LogP contribution in [0.3, 0.4) is 0 Å². The normalized spacial score (nSPS) is 15.2. The molecule has 0 aromatic heterocycles. The van der Waals surface area contributed by atoms with E-state index in [-0.39, 0.29) is 12.5 Å². The van der Waals surface area contributed by atoms with Crippen LogP contribution in [0.2, 0.25) is 0 Å². The van der Waals surface area contributed by atoms with Crippen LogP contribution >= 0.6 is 0 Å². The van der Waals surface area contributed by atoms with Gasteiger partial charge in [-0.2, -0.15) is 13.2 Å². The Balaban J connectivity index is 3.51. The van der Waals surface area contributed by atoms with Crippen LogP contribution in [0.25, 0.3) is 0 Å². The Morgan fingerprint density at radius 2 is 1.67 bits per heavy atom. The van der Waals surface area contributed by atoms with Crippen molar-refractivity contribution in [2.75, 3.05) is 6.54 Å². The van der Waals surface area contributed by atoms with Crippen molar-refractivity contribution in [3.8, 4) is 0 Å². The highest BCUT2D eigenvalue weighted by Gasteiger charge is 2.35. The zero-order valence-electron chi connectivity index (χ0n) is 7.70. The van der Waals surface area contributed by atoms with Crippen LogP contribution in [-0.4, -0.2) is 18.8 Å². The monoisotopic (exact) mass is 183 g/mol. The molecule has 0 aliphatic carbocycles. The van der Waals surface area contributed by atoms with Crippen LogP contribution in [0.1, 0.15) is 27.2 Å². The SMILES string of the molecule is CC(C)NCCC(C)C(F)(F)F. The zero-order valence-corrected chi connectivity index (χ0v) is 7.70. The fraction of sp³-hybridized carbons (Fsp3) is 1.00. The lowest BCUT2D eigenvalue weighted by Crippen LogP contribution is -2.28. The highest BCUT2D eigenvalue weighted by Crippen LogP contribution is 2.27. The number of hydrogen-bond donors (Lipinski definition) is 1. The standard InChI is InChI=1S/C8H16F3N/c1-6(2)12-5-4-7(3)8(9,10)11/h6-7,12H,4-5H2,1-3H3. The van der Waals surface area contributed by atoms with Crippen molar-refractivity contribution in [1.29, 1.82) is 0 Å². The number of halogens is 3. The van der Waals surface area contributed by atoms with E-state index in [1.54, 1.807) is 0 Å². The summed E-state index contributed by atoms with van der Waals surface area (Å²) in [4.78, 5) is 0. The first kappa shape index (κ1) is 11.8. The van der Waals surface area contributed by atoms with Gasteiger partial charge in [-0.3, -0.25) is 0 Å². The molecule has 74 valence electrons. The lowest BCUT2D eigenvalue weighted by molar-refractivity contribution is -0.170. The molecule has 0 rings (SSSR count). The van der Waals surface area contributed by atoms with Crippen molar-refractivity contribution in [1.82, 2.24) is 5.32 Å². The fourth-order valence-electron chi connectivity index (χ4n) is 0.752. The van der Waals surface area contributed by atoms with Gasteiger partial charge in [-0.05, 0) is 13.0 Å². The molecule has 0 aliphatic heterocycles. The molecule has 0 spiro atoms. The topological polar surface area (TPSA) is 12.0 Å². The Labute approximate surface area is 71.3 Å². The van der Waals surface area contributed by atoms with Gasteiger partial charge < -0.3 is 5.32 Å². The maximum Gasteiger partial charge on any atom is 0.391 e. The van der Waals surface area contributed by atoms with Crippen molar-refractivity contribution in [2.45, 2.75) is 39.4 Å². The summed E-state index contributed by atoms with van der Waals surface area (Å²) in [5, 5.41) is 2.95. The van der Waals surface area contributed by atoms with Crippen LogP contribution in [0.5, 0.6) is 0 Å². The van der Waals surface area contributed by atoms with Gasteiger partial charge in [0.1, 0.15) is 0 Å². The van der Waals surface area contributed by atoms with E-state index in [2.05, 4.69) is 5.32 Å². The van der Waals surface area contributed by atoms with Crippen molar-refractivity contribution < 1.29 is 13.2 Å². The second-order valence-electron chi connectivity index (χ2n) is 3.34. The average Bonchev–Trinajstić information content (AvgIpc) is 1.84. The van der Waals surface area contributed by atoms with Gasteiger partial charge in [0.15, 0.2) is 0 Å². The molecule has 0 radical (unpaired) electrons. The third-order valence-corrected chi connectivity index (χ3v) is 1.69. The molecule has 0 fully saturated rings. The van der Waals surface area contributed by atoms with E-state index in [0.717, 1.165) is 0 Å². The summed E-state index contributed by atoms with van der Waals surface area (Å²) < 4.78 is 35.8. The molecule has 0 aromatic carbocycles. The van der Waals surface area contributed by atoms with Crippen molar-refractivity contribution in [2.24, 2.45) is 5.92 Å². The second-order valence-corrected chi connectivity index (χ2v) is 3.34. The predicted octanol–water partition coefficient (Wildman–Crippen LogP) is 2.57. The summed E-state index contributed by atoms with van der Waals surface area (Å²) in [6.45, 7) is 5.47. The summed E-state index contributed by atoms with van der Waals surface area (Å²) >= 11 is 0. The van der Waals surface area contributed by atoms with Gasteiger partial charge in [-0.25, -0.2) is 0 Å². The first-order valence-electron chi connectivity index (χ1n) is 4.14. The number of hydrogen-bond acceptors (Lipinski definition) is 1. The summed E-state index contributed by atoms with van der Waals surface area (Å²) in [6, 6.07) is 0.255. The molecule has 4 heteroatoms. The Kier molecular flexibility index (Phi) is 4.60. The molecule has 12 heavy (non-hydrogen) atoms. The van der Waals surface area contributed by atoms with Crippen LogP contribution in [0.4, 0.5) is 13.2 Å². The third-order valence-electron chi connectivity index (χ3n) is 1.69. The Morgan fingerprint density at radius 1 is 1.17 bits per heavy atom. The van der Waals surface area contributed by atoms with Gasteiger partial charge in [0, 0.05) is 6.04 Å². The highest BCUT2D eigenvalue weighted by atomic mass is 19.4. The summed E-state index contributed by atoms with van der Waals surface area (Å²) in [6.07, 6.45) is -3.89. The van der Waals surface area contributed by atoms with E-state index in [9.17, 15) is 13.2 Å². The van der Waals surface area contributed by atoms with Gasteiger partial charge in [0.2, 0.25) is 0 Å². The van der Waals surface area contributed by atoms with Crippen LogP contribution < -0.4 is 5.32 Å². The first-order valence-corrected chi connectivity index (χ1v) is 4.14.